The van der Waals surface area contributed by atoms with Crippen LogP contribution in [0.25, 0.3) is 0 Å². The Balaban J connectivity index is 2.22. The van der Waals surface area contributed by atoms with Crippen LogP contribution in [0.4, 0.5) is 11.6 Å². The molecule has 1 aliphatic rings. The first-order valence-corrected chi connectivity index (χ1v) is 5.70. The van der Waals surface area contributed by atoms with Crippen molar-refractivity contribution in [3.8, 4) is 0 Å². The third-order valence-electron chi connectivity index (χ3n) is 3.03. The van der Waals surface area contributed by atoms with Gasteiger partial charge in [0.05, 0.1) is 0 Å². The lowest BCUT2D eigenvalue weighted by Crippen LogP contribution is -2.38. The Morgan fingerprint density at radius 1 is 1.31 bits per heavy atom. The minimum atomic E-state index is 0.423. The summed E-state index contributed by atoms with van der Waals surface area (Å²) in [4.78, 5) is 13.0. The molecule has 1 fully saturated rings. The highest BCUT2D eigenvalue weighted by atomic mass is 15.3. The summed E-state index contributed by atoms with van der Waals surface area (Å²) in [6.07, 6.45) is 4.47. The summed E-state index contributed by atoms with van der Waals surface area (Å²) in [7, 11) is 2.15. The van der Waals surface area contributed by atoms with Crippen LogP contribution in [0.3, 0.4) is 0 Å². The minimum absolute atomic E-state index is 0.423. The highest BCUT2D eigenvalue weighted by Crippen LogP contribution is 2.21. The molecule has 0 spiro atoms. The van der Waals surface area contributed by atoms with E-state index in [-0.39, 0.29) is 0 Å². The van der Waals surface area contributed by atoms with Gasteiger partial charge in [0.25, 0.3) is 0 Å². The molecule has 0 bridgehead atoms. The monoisotopic (exact) mass is 221 g/mol. The maximum Gasteiger partial charge on any atom is 0.171 e. The molecular formula is C11H19N5. The van der Waals surface area contributed by atoms with E-state index in [9.17, 15) is 0 Å². The predicted octanol–water partition coefficient (Wildman–Crippen LogP) is 0.589. The number of hydrogen-bond donors (Lipinski definition) is 1. The van der Waals surface area contributed by atoms with E-state index in [1.807, 2.05) is 0 Å². The fourth-order valence-corrected chi connectivity index (χ4v) is 2.25. The van der Waals surface area contributed by atoms with Crippen LogP contribution < -0.4 is 10.6 Å². The van der Waals surface area contributed by atoms with Crippen molar-refractivity contribution < 1.29 is 0 Å². The number of rotatable bonds is 1. The lowest BCUT2D eigenvalue weighted by atomic mass is 10.2. The fourth-order valence-electron chi connectivity index (χ4n) is 2.25. The number of nitrogen functional groups attached to an aromatic ring is 1. The van der Waals surface area contributed by atoms with Crippen LogP contribution in [0, 0.1) is 0 Å². The van der Waals surface area contributed by atoms with Gasteiger partial charge in [-0.15, -0.1) is 0 Å². The highest BCUT2D eigenvalue weighted by Gasteiger charge is 2.22. The molecule has 0 radical (unpaired) electrons. The Morgan fingerprint density at radius 2 is 2.06 bits per heavy atom. The molecule has 1 aliphatic heterocycles. The number of nitrogens with zero attached hydrogens (tertiary/aromatic N) is 4. The standard InChI is InChI=1S/C11H19N5/c1-9-8-15(2)6-3-7-16(9)11-10(12)13-4-5-14-11/h4-5,9H,3,6-8H2,1-2H3,(H2,12,13). The molecule has 1 atom stereocenters. The van der Waals surface area contributed by atoms with Gasteiger partial charge in [-0.25, -0.2) is 9.97 Å². The second-order valence-electron chi connectivity index (χ2n) is 4.42. The SMILES string of the molecule is CC1CN(C)CCCN1c1nccnc1N. The lowest BCUT2D eigenvalue weighted by Gasteiger charge is -2.29. The van der Waals surface area contributed by atoms with Gasteiger partial charge in [0.2, 0.25) is 0 Å². The van der Waals surface area contributed by atoms with E-state index < -0.39 is 0 Å². The summed E-state index contributed by atoms with van der Waals surface area (Å²) < 4.78 is 0. The average Bonchev–Trinajstić information content (AvgIpc) is 2.40. The van der Waals surface area contributed by atoms with Gasteiger partial charge in [-0.05, 0) is 26.9 Å². The quantitative estimate of drug-likeness (QED) is 0.752. The molecule has 1 aromatic rings. The van der Waals surface area contributed by atoms with Crippen LogP contribution in [-0.2, 0) is 0 Å². The molecule has 1 saturated heterocycles. The van der Waals surface area contributed by atoms with E-state index in [0.717, 1.165) is 31.9 Å². The Labute approximate surface area is 96.3 Å². The van der Waals surface area contributed by atoms with Crippen molar-refractivity contribution in [2.45, 2.75) is 19.4 Å². The van der Waals surface area contributed by atoms with E-state index in [0.29, 0.717) is 11.9 Å². The smallest absolute Gasteiger partial charge is 0.171 e. The Hall–Kier alpha value is -1.36. The summed E-state index contributed by atoms with van der Waals surface area (Å²) in [5.41, 5.74) is 5.87. The minimum Gasteiger partial charge on any atom is -0.381 e. The molecule has 2 heterocycles. The molecule has 2 N–H and O–H groups in total. The van der Waals surface area contributed by atoms with Crippen molar-refractivity contribution in [1.29, 1.82) is 0 Å². The van der Waals surface area contributed by atoms with E-state index >= 15 is 0 Å². The van der Waals surface area contributed by atoms with Gasteiger partial charge in [-0.2, -0.15) is 0 Å². The molecule has 88 valence electrons. The van der Waals surface area contributed by atoms with Crippen LogP contribution in [0.1, 0.15) is 13.3 Å². The summed E-state index contributed by atoms with van der Waals surface area (Å²) >= 11 is 0. The van der Waals surface area contributed by atoms with Crippen LogP contribution >= 0.6 is 0 Å². The van der Waals surface area contributed by atoms with Crippen molar-refractivity contribution in [2.24, 2.45) is 0 Å². The van der Waals surface area contributed by atoms with E-state index in [2.05, 4.69) is 33.7 Å². The molecule has 0 amide bonds. The first-order valence-electron chi connectivity index (χ1n) is 5.70. The van der Waals surface area contributed by atoms with Crippen molar-refractivity contribution in [3.05, 3.63) is 12.4 Å². The zero-order valence-electron chi connectivity index (χ0n) is 9.93. The van der Waals surface area contributed by atoms with Crippen LogP contribution in [0.15, 0.2) is 12.4 Å². The Kier molecular flexibility index (Phi) is 3.24. The topological polar surface area (TPSA) is 58.3 Å². The number of nitrogens with two attached hydrogens (primary N) is 1. The Morgan fingerprint density at radius 3 is 2.81 bits per heavy atom. The van der Waals surface area contributed by atoms with E-state index in [1.54, 1.807) is 12.4 Å². The van der Waals surface area contributed by atoms with E-state index in [4.69, 9.17) is 5.73 Å². The zero-order chi connectivity index (χ0) is 11.5. The van der Waals surface area contributed by atoms with Gasteiger partial charge < -0.3 is 15.5 Å². The maximum atomic E-state index is 5.87. The lowest BCUT2D eigenvalue weighted by molar-refractivity contribution is 0.337. The van der Waals surface area contributed by atoms with Gasteiger partial charge in [0, 0.05) is 31.5 Å². The van der Waals surface area contributed by atoms with Crippen molar-refractivity contribution in [1.82, 2.24) is 14.9 Å². The molecule has 2 rings (SSSR count). The highest BCUT2D eigenvalue weighted by molar-refractivity contribution is 5.57. The second kappa shape index (κ2) is 4.65. The van der Waals surface area contributed by atoms with Gasteiger partial charge in [0.15, 0.2) is 11.6 Å². The second-order valence-corrected chi connectivity index (χ2v) is 4.42. The zero-order valence-corrected chi connectivity index (χ0v) is 9.93. The largest absolute Gasteiger partial charge is 0.381 e. The van der Waals surface area contributed by atoms with Gasteiger partial charge in [-0.1, -0.05) is 0 Å². The molecule has 0 aliphatic carbocycles. The first-order chi connectivity index (χ1) is 7.68. The van der Waals surface area contributed by atoms with Gasteiger partial charge in [0.1, 0.15) is 0 Å². The van der Waals surface area contributed by atoms with Crippen LogP contribution in [-0.4, -0.2) is 47.6 Å². The number of anilines is 2. The summed E-state index contributed by atoms with van der Waals surface area (Å²) in [6, 6.07) is 0.423. The van der Waals surface area contributed by atoms with Crippen LogP contribution in [0.2, 0.25) is 0 Å². The molecular weight excluding hydrogens is 202 g/mol. The summed E-state index contributed by atoms with van der Waals surface area (Å²) in [5.74, 6) is 1.35. The Bertz CT molecular complexity index is 354. The third-order valence-corrected chi connectivity index (χ3v) is 3.03. The molecule has 5 heteroatoms. The van der Waals surface area contributed by atoms with Gasteiger partial charge >= 0.3 is 0 Å². The fraction of sp³-hybridized carbons (Fsp3) is 0.636. The van der Waals surface area contributed by atoms with Crippen molar-refractivity contribution >= 4 is 11.6 Å². The molecule has 5 nitrogen and oxygen atoms in total. The van der Waals surface area contributed by atoms with Gasteiger partial charge in [-0.3, -0.25) is 0 Å². The van der Waals surface area contributed by atoms with E-state index in [1.165, 1.54) is 0 Å². The molecule has 0 saturated carbocycles. The first kappa shape index (κ1) is 11.1. The average molecular weight is 221 g/mol. The predicted molar refractivity (Wildman–Crippen MR) is 65.4 cm³/mol. The van der Waals surface area contributed by atoms with Crippen molar-refractivity contribution in [2.75, 3.05) is 37.3 Å². The molecule has 0 aromatic carbocycles. The molecule has 16 heavy (non-hydrogen) atoms. The molecule has 1 unspecified atom stereocenters. The molecule has 1 aromatic heterocycles. The van der Waals surface area contributed by atoms with Crippen LogP contribution in [0.5, 0.6) is 0 Å². The summed E-state index contributed by atoms with van der Waals surface area (Å²) in [6.45, 7) is 5.36. The normalized spacial score (nSPS) is 23.1. The number of likely N-dealkylation sites (N-methyl/N-ethyl adjacent to an activating group) is 1. The third kappa shape index (κ3) is 2.24. The van der Waals surface area contributed by atoms with Crippen molar-refractivity contribution in [3.63, 3.8) is 0 Å². The maximum absolute atomic E-state index is 5.87. The number of hydrogen-bond acceptors (Lipinski definition) is 5. The summed E-state index contributed by atoms with van der Waals surface area (Å²) in [5, 5.41) is 0. The number of aromatic nitrogens is 2.